The van der Waals surface area contributed by atoms with E-state index in [1.807, 2.05) is 29.2 Å². The molecule has 11 nitrogen and oxygen atoms in total. The first-order valence-electron chi connectivity index (χ1n) is 12.3. The standard InChI is InChI=1S/C24H32N6O5/c1-35-21-5-3-2-4-18(21)22-26-28-30(27-22)17-10-20(24(33)34)29(13-17)12-14-6-7-15-11-25-19(23(31)32)9-16(15)8-14/h2-5,14-17,19-20,25H,6-13H2,1H3,(H,31,32)(H,33,34). The molecule has 2 saturated heterocycles. The summed E-state index contributed by atoms with van der Waals surface area (Å²) in [5, 5.41) is 35.5. The van der Waals surface area contributed by atoms with E-state index < -0.39 is 24.0 Å². The zero-order chi connectivity index (χ0) is 24.5. The van der Waals surface area contributed by atoms with Gasteiger partial charge in [-0.05, 0) is 73.7 Å². The molecule has 6 atom stereocenters. The van der Waals surface area contributed by atoms with Gasteiger partial charge >= 0.3 is 11.9 Å². The molecule has 0 spiro atoms. The first-order chi connectivity index (χ1) is 16.9. The van der Waals surface area contributed by atoms with Crippen LogP contribution in [0.1, 0.15) is 38.1 Å². The van der Waals surface area contributed by atoms with Gasteiger partial charge in [-0.2, -0.15) is 4.80 Å². The van der Waals surface area contributed by atoms with Crippen molar-refractivity contribution in [2.75, 3.05) is 26.7 Å². The number of ether oxygens (including phenoxy) is 1. The number of methoxy groups -OCH3 is 1. The van der Waals surface area contributed by atoms with E-state index in [0.29, 0.717) is 55.3 Å². The molecule has 5 rings (SSSR count). The van der Waals surface area contributed by atoms with Crippen molar-refractivity contribution in [2.45, 2.75) is 50.2 Å². The fourth-order valence-corrected chi connectivity index (χ4v) is 6.17. The largest absolute Gasteiger partial charge is 0.496 e. The van der Waals surface area contributed by atoms with E-state index in [-0.39, 0.29) is 6.04 Å². The zero-order valence-corrected chi connectivity index (χ0v) is 19.8. The van der Waals surface area contributed by atoms with Gasteiger partial charge in [0.1, 0.15) is 17.8 Å². The average molecular weight is 485 g/mol. The number of carboxylic acids is 2. The second kappa shape index (κ2) is 9.90. The van der Waals surface area contributed by atoms with Gasteiger partial charge in [0, 0.05) is 13.1 Å². The molecule has 3 N–H and O–H groups in total. The molecular weight excluding hydrogens is 452 g/mol. The normalized spacial score (nSPS) is 31.1. The number of likely N-dealkylation sites (tertiary alicyclic amines) is 1. The number of nitrogens with one attached hydrogen (secondary N) is 1. The number of nitrogens with zero attached hydrogens (tertiary/aromatic N) is 5. The summed E-state index contributed by atoms with van der Waals surface area (Å²) in [4.78, 5) is 27.1. The first-order valence-corrected chi connectivity index (χ1v) is 12.3. The molecule has 1 aromatic heterocycles. The minimum atomic E-state index is -0.834. The second-order valence-electron chi connectivity index (χ2n) is 10.1. The van der Waals surface area contributed by atoms with Crippen LogP contribution < -0.4 is 10.1 Å². The summed E-state index contributed by atoms with van der Waals surface area (Å²) < 4.78 is 5.40. The number of tetrazole rings is 1. The number of benzene rings is 1. The Bertz CT molecular complexity index is 1080. The van der Waals surface area contributed by atoms with Crippen LogP contribution in [-0.2, 0) is 9.59 Å². The van der Waals surface area contributed by atoms with Crippen LogP contribution in [0.3, 0.4) is 0 Å². The maximum Gasteiger partial charge on any atom is 0.321 e. The van der Waals surface area contributed by atoms with Crippen LogP contribution in [0.2, 0.25) is 0 Å². The van der Waals surface area contributed by atoms with Crippen LogP contribution in [0.25, 0.3) is 11.4 Å². The van der Waals surface area contributed by atoms with Crippen LogP contribution in [0.15, 0.2) is 24.3 Å². The van der Waals surface area contributed by atoms with Gasteiger partial charge in [-0.3, -0.25) is 14.5 Å². The first kappa shape index (κ1) is 23.7. The van der Waals surface area contributed by atoms with E-state index in [1.54, 1.807) is 11.9 Å². The summed E-state index contributed by atoms with van der Waals surface area (Å²) in [6.45, 7) is 1.99. The van der Waals surface area contributed by atoms with Gasteiger partial charge in [0.2, 0.25) is 5.82 Å². The second-order valence-corrected chi connectivity index (χ2v) is 10.1. The van der Waals surface area contributed by atoms with Crippen LogP contribution in [-0.4, -0.2) is 86.1 Å². The third-order valence-corrected chi connectivity index (χ3v) is 7.97. The molecule has 1 saturated carbocycles. The van der Waals surface area contributed by atoms with Gasteiger partial charge < -0.3 is 20.3 Å². The monoisotopic (exact) mass is 484 g/mol. The SMILES string of the molecule is COc1ccccc1-c1nnn(C2CC(C(=O)O)N(CC3CCC4CNC(C(=O)O)CC4C3)C2)n1. The van der Waals surface area contributed by atoms with Crippen LogP contribution >= 0.6 is 0 Å². The Hall–Kier alpha value is -3.05. The molecule has 1 aliphatic carbocycles. The summed E-state index contributed by atoms with van der Waals surface area (Å²) >= 11 is 0. The Morgan fingerprint density at radius 1 is 1.11 bits per heavy atom. The molecule has 1 aromatic carbocycles. The zero-order valence-electron chi connectivity index (χ0n) is 19.8. The molecule has 3 fully saturated rings. The molecule has 0 bridgehead atoms. The fraction of sp³-hybridized carbons (Fsp3) is 0.625. The minimum absolute atomic E-state index is 0.182. The lowest BCUT2D eigenvalue weighted by molar-refractivity contribution is -0.143. The van der Waals surface area contributed by atoms with Crippen molar-refractivity contribution in [1.29, 1.82) is 0 Å². The molecule has 3 aliphatic rings. The number of piperidine rings is 1. The molecule has 3 heterocycles. The average Bonchev–Trinajstić information content (AvgIpc) is 3.51. The van der Waals surface area contributed by atoms with Crippen molar-refractivity contribution in [2.24, 2.45) is 17.8 Å². The molecule has 0 radical (unpaired) electrons. The van der Waals surface area contributed by atoms with Crippen molar-refractivity contribution >= 4 is 11.9 Å². The number of carbonyl (C=O) groups is 2. The van der Waals surface area contributed by atoms with Crippen molar-refractivity contribution < 1.29 is 24.5 Å². The quantitative estimate of drug-likeness (QED) is 0.529. The Labute approximate surface area is 203 Å². The number of rotatable bonds is 7. The van der Waals surface area contributed by atoms with E-state index in [1.165, 1.54) is 0 Å². The van der Waals surface area contributed by atoms with Crippen molar-refractivity contribution in [1.82, 2.24) is 30.4 Å². The number of fused-ring (bicyclic) bond motifs is 1. The van der Waals surface area contributed by atoms with Gasteiger partial charge in [-0.15, -0.1) is 10.2 Å². The number of para-hydroxylation sites is 1. The Morgan fingerprint density at radius 2 is 1.94 bits per heavy atom. The van der Waals surface area contributed by atoms with E-state index >= 15 is 0 Å². The molecule has 11 heteroatoms. The highest BCUT2D eigenvalue weighted by Crippen LogP contribution is 2.40. The van der Waals surface area contributed by atoms with Crippen LogP contribution in [0, 0.1) is 17.8 Å². The summed E-state index contributed by atoms with van der Waals surface area (Å²) in [5.41, 5.74) is 0.740. The predicted molar refractivity (Wildman–Crippen MR) is 125 cm³/mol. The van der Waals surface area contributed by atoms with Gasteiger partial charge in [0.05, 0.1) is 18.7 Å². The predicted octanol–water partition coefficient (Wildman–Crippen LogP) is 1.53. The topological polar surface area (TPSA) is 143 Å². The van der Waals surface area contributed by atoms with Gasteiger partial charge in [0.25, 0.3) is 0 Å². The molecular formula is C24H32N6O5. The third-order valence-electron chi connectivity index (χ3n) is 7.97. The van der Waals surface area contributed by atoms with E-state index in [2.05, 4.69) is 20.7 Å². The third kappa shape index (κ3) is 4.87. The summed E-state index contributed by atoms with van der Waals surface area (Å²) in [5.74, 6) is 0.726. The molecule has 0 amide bonds. The number of aliphatic carboxylic acids is 2. The Morgan fingerprint density at radius 3 is 2.71 bits per heavy atom. The maximum absolute atomic E-state index is 12.1. The summed E-state index contributed by atoms with van der Waals surface area (Å²) in [6.07, 6.45) is 4.10. The fourth-order valence-electron chi connectivity index (χ4n) is 6.17. The number of hydrogen-bond acceptors (Lipinski definition) is 8. The van der Waals surface area contributed by atoms with Crippen molar-refractivity contribution in [3.63, 3.8) is 0 Å². The Balaban J connectivity index is 1.26. The van der Waals surface area contributed by atoms with Gasteiger partial charge in [-0.1, -0.05) is 12.1 Å². The lowest BCUT2D eigenvalue weighted by Crippen LogP contribution is -2.50. The maximum atomic E-state index is 12.1. The highest BCUT2D eigenvalue weighted by atomic mass is 16.5. The van der Waals surface area contributed by atoms with Crippen molar-refractivity contribution in [3.05, 3.63) is 24.3 Å². The van der Waals surface area contributed by atoms with E-state index in [0.717, 1.165) is 31.4 Å². The highest BCUT2D eigenvalue weighted by Gasteiger charge is 2.42. The van der Waals surface area contributed by atoms with Gasteiger partial charge in [-0.25, -0.2) is 0 Å². The smallest absolute Gasteiger partial charge is 0.321 e. The summed E-state index contributed by atoms with van der Waals surface area (Å²) in [7, 11) is 1.59. The number of hydrogen-bond donors (Lipinski definition) is 3. The minimum Gasteiger partial charge on any atom is -0.496 e. The molecule has 35 heavy (non-hydrogen) atoms. The van der Waals surface area contributed by atoms with Crippen LogP contribution in [0.5, 0.6) is 5.75 Å². The van der Waals surface area contributed by atoms with Crippen molar-refractivity contribution in [3.8, 4) is 17.1 Å². The lowest BCUT2D eigenvalue weighted by Gasteiger charge is -2.42. The molecule has 6 unspecified atom stereocenters. The molecule has 188 valence electrons. The lowest BCUT2D eigenvalue weighted by atomic mass is 9.69. The number of aromatic nitrogens is 4. The van der Waals surface area contributed by atoms with Gasteiger partial charge in [0.15, 0.2) is 0 Å². The highest BCUT2D eigenvalue weighted by molar-refractivity contribution is 5.74. The van der Waals surface area contributed by atoms with E-state index in [4.69, 9.17) is 4.74 Å². The Kier molecular flexibility index (Phi) is 6.70. The summed E-state index contributed by atoms with van der Waals surface area (Å²) in [6, 6.07) is 6.20. The van der Waals surface area contributed by atoms with E-state index in [9.17, 15) is 19.8 Å². The number of carboxylic acid groups (broad SMARTS) is 2. The van der Waals surface area contributed by atoms with Crippen LogP contribution in [0.4, 0.5) is 0 Å². The molecule has 2 aromatic rings. The molecule has 2 aliphatic heterocycles.